The number of anilines is 3. The van der Waals surface area contributed by atoms with Crippen LogP contribution in [0.4, 0.5) is 17.1 Å². The van der Waals surface area contributed by atoms with Crippen LogP contribution in [0, 0.1) is 0 Å². The van der Waals surface area contributed by atoms with Crippen molar-refractivity contribution < 1.29 is 9.47 Å². The largest absolute Gasteiger partial charge is 0.458 e. The van der Waals surface area contributed by atoms with Crippen LogP contribution in [0.5, 0.6) is 23.0 Å². The zero-order chi connectivity index (χ0) is 37.9. The fourth-order valence-electron chi connectivity index (χ4n) is 8.50. The molecule has 0 unspecified atom stereocenters. The number of fused-ring (bicyclic) bond motifs is 7. The molecule has 0 N–H and O–H groups in total. The molecule has 54 heavy (non-hydrogen) atoms. The van der Waals surface area contributed by atoms with Gasteiger partial charge in [-0.3, -0.25) is 0 Å². The van der Waals surface area contributed by atoms with E-state index in [-0.39, 0.29) is 23.0 Å². The summed E-state index contributed by atoms with van der Waals surface area (Å²) in [7, 11) is 2.19. The Labute approximate surface area is 320 Å². The summed E-state index contributed by atoms with van der Waals surface area (Å²) in [5.74, 6) is 3.46. The maximum Gasteiger partial charge on any atom is 0.260 e. The molecule has 1 aromatic heterocycles. The second-order valence-corrected chi connectivity index (χ2v) is 18.4. The summed E-state index contributed by atoms with van der Waals surface area (Å²) in [6, 6.07) is 42.4. The monoisotopic (exact) mass is 708 g/mol. The quantitative estimate of drug-likeness (QED) is 0.171. The second-order valence-electron chi connectivity index (χ2n) is 18.4. The number of para-hydroxylation sites is 1. The van der Waals surface area contributed by atoms with Gasteiger partial charge in [0.05, 0.1) is 5.52 Å². The van der Waals surface area contributed by atoms with Crippen molar-refractivity contribution in [3.05, 3.63) is 132 Å². The average Bonchev–Trinajstić information content (AvgIpc) is 3.41. The van der Waals surface area contributed by atoms with E-state index < -0.39 is 0 Å². The highest BCUT2D eigenvalue weighted by atomic mass is 16.5. The molecule has 270 valence electrons. The Morgan fingerprint density at radius 1 is 0.519 bits per heavy atom. The van der Waals surface area contributed by atoms with Gasteiger partial charge in [0.2, 0.25) is 0 Å². The van der Waals surface area contributed by atoms with E-state index in [0.717, 1.165) is 56.5 Å². The number of nitrogens with zero attached hydrogens (tertiary/aromatic N) is 2. The molecule has 0 saturated carbocycles. The molecule has 0 atom stereocenters. The molecule has 4 nitrogen and oxygen atoms in total. The Morgan fingerprint density at radius 2 is 1.07 bits per heavy atom. The van der Waals surface area contributed by atoms with Gasteiger partial charge in [0.15, 0.2) is 0 Å². The van der Waals surface area contributed by atoms with E-state index in [1.807, 2.05) is 6.07 Å². The van der Waals surface area contributed by atoms with Crippen molar-refractivity contribution >= 4 is 62.0 Å². The molecule has 0 radical (unpaired) electrons. The summed E-state index contributed by atoms with van der Waals surface area (Å²) in [6.45, 7) is 20.4. The molecule has 0 spiro atoms. The molecular formula is C49H49BN2O2. The first-order chi connectivity index (χ1) is 25.6. The van der Waals surface area contributed by atoms with Crippen molar-refractivity contribution in [3.8, 4) is 23.0 Å². The van der Waals surface area contributed by atoms with Crippen molar-refractivity contribution in [1.29, 1.82) is 0 Å². The molecule has 2 aliphatic heterocycles. The van der Waals surface area contributed by atoms with Gasteiger partial charge in [-0.15, -0.1) is 0 Å². The third-order valence-electron chi connectivity index (χ3n) is 11.6. The number of aromatic nitrogens is 1. The van der Waals surface area contributed by atoms with Crippen molar-refractivity contribution in [2.45, 2.75) is 78.6 Å². The van der Waals surface area contributed by atoms with E-state index in [9.17, 15) is 0 Å². The van der Waals surface area contributed by atoms with Crippen molar-refractivity contribution in [2.24, 2.45) is 7.05 Å². The fraction of sp³-hybridized carbons (Fsp3) is 0.265. The van der Waals surface area contributed by atoms with Crippen LogP contribution < -0.4 is 30.8 Å². The molecule has 5 heteroatoms. The van der Waals surface area contributed by atoms with Gasteiger partial charge in [-0.25, -0.2) is 0 Å². The van der Waals surface area contributed by atoms with E-state index >= 15 is 0 Å². The minimum absolute atomic E-state index is 0.0250. The molecule has 2 aliphatic rings. The molecule has 9 rings (SSSR count). The van der Waals surface area contributed by atoms with Crippen LogP contribution in [-0.4, -0.2) is 11.3 Å². The number of hydrogen-bond donors (Lipinski definition) is 0. The lowest BCUT2D eigenvalue weighted by atomic mass is 9.34. The normalized spacial score (nSPS) is 13.6. The van der Waals surface area contributed by atoms with E-state index in [4.69, 9.17) is 9.47 Å². The van der Waals surface area contributed by atoms with Crippen molar-refractivity contribution in [3.63, 3.8) is 0 Å². The molecule has 0 aliphatic carbocycles. The van der Waals surface area contributed by atoms with Crippen molar-refractivity contribution in [2.75, 3.05) is 4.90 Å². The maximum atomic E-state index is 7.27. The standard InChI is InChI=1S/C49H49BN2O2/c1-47(2,3)30-18-23-33(24-19-30)52(34-25-20-31(21-26-34)48(4,5)6)45-44-36(35-14-11-12-15-39(35)51(44)10)29-38-46(45)54-42-17-13-16-41-43(42)50(38)37-28-32(49(7,8)9)22-27-40(37)53-41/h11-29H,1-10H3. The topological polar surface area (TPSA) is 26.6 Å². The molecule has 6 aromatic carbocycles. The van der Waals surface area contributed by atoms with Gasteiger partial charge in [0.1, 0.15) is 28.7 Å². The average molecular weight is 709 g/mol. The van der Waals surface area contributed by atoms with Crippen molar-refractivity contribution in [1.82, 2.24) is 4.57 Å². The van der Waals surface area contributed by atoms with E-state index in [1.165, 1.54) is 38.4 Å². The number of ether oxygens (including phenoxy) is 2. The third kappa shape index (κ3) is 5.34. The summed E-state index contributed by atoms with van der Waals surface area (Å²) in [4.78, 5) is 2.43. The van der Waals surface area contributed by atoms with E-state index in [1.54, 1.807) is 0 Å². The Kier molecular flexibility index (Phi) is 7.50. The Hall–Kier alpha value is -5.42. The second kappa shape index (κ2) is 11.8. The van der Waals surface area contributed by atoms with Gasteiger partial charge >= 0.3 is 0 Å². The lowest BCUT2D eigenvalue weighted by Gasteiger charge is -2.37. The molecule has 0 amide bonds. The number of rotatable bonds is 3. The minimum atomic E-state index is -0.0819. The van der Waals surface area contributed by atoms with Crippen LogP contribution in [0.1, 0.15) is 79.0 Å². The van der Waals surface area contributed by atoms with Gasteiger partial charge in [-0.2, -0.15) is 0 Å². The van der Waals surface area contributed by atoms with E-state index in [2.05, 4.69) is 188 Å². The first-order valence-electron chi connectivity index (χ1n) is 19.3. The first-order valence-corrected chi connectivity index (χ1v) is 19.3. The molecular weight excluding hydrogens is 659 g/mol. The van der Waals surface area contributed by atoms with Crippen LogP contribution in [0.25, 0.3) is 21.8 Å². The third-order valence-corrected chi connectivity index (χ3v) is 11.6. The van der Waals surface area contributed by atoms with Gasteiger partial charge < -0.3 is 18.9 Å². The summed E-state index contributed by atoms with van der Waals surface area (Å²) < 4.78 is 16.3. The zero-order valence-corrected chi connectivity index (χ0v) is 33.3. The highest BCUT2D eigenvalue weighted by Gasteiger charge is 2.43. The van der Waals surface area contributed by atoms with Gasteiger partial charge in [-0.05, 0) is 92.4 Å². The smallest absolute Gasteiger partial charge is 0.260 e. The molecule has 0 saturated heterocycles. The van der Waals surface area contributed by atoms with Gasteiger partial charge in [0.25, 0.3) is 6.71 Å². The molecule has 7 aromatic rings. The summed E-state index contributed by atoms with van der Waals surface area (Å²) in [6.07, 6.45) is 0. The molecule has 3 heterocycles. The predicted molar refractivity (Wildman–Crippen MR) is 229 cm³/mol. The SMILES string of the molecule is Cn1c2ccccc2c2cc3c(c(N(c4ccc(C(C)(C)C)cc4)c4ccc(C(C)(C)C)cc4)c21)Oc1cccc2c1B3c1cc(C(C)(C)C)ccc1O2. The van der Waals surface area contributed by atoms with E-state index in [0.29, 0.717) is 0 Å². The highest BCUT2D eigenvalue weighted by molar-refractivity contribution is 6.98. The number of aryl methyl sites for hydroxylation is 1. The summed E-state index contributed by atoms with van der Waals surface area (Å²) in [5.41, 5.74) is 12.8. The van der Waals surface area contributed by atoms with Crippen LogP contribution in [0.15, 0.2) is 115 Å². The minimum Gasteiger partial charge on any atom is -0.458 e. The van der Waals surface area contributed by atoms with Crippen LogP contribution in [0.3, 0.4) is 0 Å². The zero-order valence-electron chi connectivity index (χ0n) is 33.3. The lowest BCUT2D eigenvalue weighted by Crippen LogP contribution is -2.57. The summed E-state index contributed by atoms with van der Waals surface area (Å²) in [5, 5.41) is 2.42. The van der Waals surface area contributed by atoms with Crippen LogP contribution in [0.2, 0.25) is 0 Å². The predicted octanol–water partition coefficient (Wildman–Crippen LogP) is 11.4. The molecule has 0 bridgehead atoms. The highest BCUT2D eigenvalue weighted by Crippen LogP contribution is 2.50. The number of benzene rings is 6. The van der Waals surface area contributed by atoms with Gasteiger partial charge in [-0.1, -0.05) is 129 Å². The lowest BCUT2D eigenvalue weighted by molar-refractivity contribution is 0.464. The van der Waals surface area contributed by atoms with Crippen LogP contribution >= 0.6 is 0 Å². The van der Waals surface area contributed by atoms with Crippen LogP contribution in [-0.2, 0) is 23.3 Å². The Bertz CT molecular complexity index is 2560. The summed E-state index contributed by atoms with van der Waals surface area (Å²) >= 11 is 0. The number of hydrogen-bond acceptors (Lipinski definition) is 3. The Balaban J connectivity index is 1.41. The van der Waals surface area contributed by atoms with Gasteiger partial charge in [0, 0.05) is 40.2 Å². The first kappa shape index (κ1) is 34.4. The fourth-order valence-corrected chi connectivity index (χ4v) is 8.50. The Morgan fingerprint density at radius 3 is 1.67 bits per heavy atom. The maximum absolute atomic E-state index is 7.27. The molecule has 0 fully saturated rings.